The van der Waals surface area contributed by atoms with Gasteiger partial charge >= 0.3 is 0 Å². The molecule has 0 spiro atoms. The molecule has 0 bridgehead atoms. The Hall–Kier alpha value is -0.570. The molecule has 2 atom stereocenters. The van der Waals surface area contributed by atoms with E-state index < -0.39 is 0 Å². The molecular weight excluding hydrogens is 212 g/mol. The summed E-state index contributed by atoms with van der Waals surface area (Å²) < 4.78 is 0. The quantitative estimate of drug-likeness (QED) is 0.790. The van der Waals surface area contributed by atoms with Crippen LogP contribution in [0.4, 0.5) is 0 Å². The van der Waals surface area contributed by atoms with Crippen molar-refractivity contribution in [2.45, 2.75) is 44.6 Å². The van der Waals surface area contributed by atoms with Crippen molar-refractivity contribution in [1.29, 1.82) is 0 Å². The number of piperidine rings is 1. The van der Waals surface area contributed by atoms with E-state index in [-0.39, 0.29) is 0 Å². The van der Waals surface area contributed by atoms with Crippen LogP contribution in [0.1, 0.15) is 38.5 Å². The highest BCUT2D eigenvalue weighted by Gasteiger charge is 2.55. The van der Waals surface area contributed by atoms with E-state index in [0.29, 0.717) is 17.9 Å². The molecule has 3 heteroatoms. The summed E-state index contributed by atoms with van der Waals surface area (Å²) in [5, 5.41) is 3.37. The number of hydrogen-bond donors (Lipinski definition) is 1. The van der Waals surface area contributed by atoms with Gasteiger partial charge in [0.2, 0.25) is 5.91 Å². The highest BCUT2D eigenvalue weighted by Crippen LogP contribution is 2.56. The first-order chi connectivity index (χ1) is 8.29. The van der Waals surface area contributed by atoms with Gasteiger partial charge in [0, 0.05) is 19.0 Å². The zero-order valence-electron chi connectivity index (χ0n) is 10.8. The van der Waals surface area contributed by atoms with Gasteiger partial charge in [0.05, 0.1) is 0 Å². The van der Waals surface area contributed by atoms with E-state index in [2.05, 4.69) is 10.2 Å². The van der Waals surface area contributed by atoms with Crippen molar-refractivity contribution < 1.29 is 4.79 Å². The van der Waals surface area contributed by atoms with E-state index in [1.54, 1.807) is 0 Å². The number of hydrogen-bond acceptors (Lipinski definition) is 2. The van der Waals surface area contributed by atoms with Crippen molar-refractivity contribution in [2.75, 3.05) is 20.1 Å². The summed E-state index contributed by atoms with van der Waals surface area (Å²) in [7, 11) is 2.03. The molecule has 3 nitrogen and oxygen atoms in total. The Bertz CT molecular complexity index is 287. The maximum Gasteiger partial charge on any atom is 0.226 e. The lowest BCUT2D eigenvalue weighted by atomic mass is 10.0. The lowest BCUT2D eigenvalue weighted by molar-refractivity contribution is -0.134. The average Bonchev–Trinajstić information content (AvgIpc) is 3.12. The largest absolute Gasteiger partial charge is 0.342 e. The number of carbonyl (C=O) groups is 1. The number of rotatable bonds is 2. The van der Waals surface area contributed by atoms with Crippen LogP contribution in [0.25, 0.3) is 0 Å². The maximum absolute atomic E-state index is 12.5. The van der Waals surface area contributed by atoms with E-state index in [9.17, 15) is 4.79 Å². The minimum Gasteiger partial charge on any atom is -0.342 e. The Kier molecular flexibility index (Phi) is 3.12. The highest BCUT2D eigenvalue weighted by atomic mass is 16.2. The van der Waals surface area contributed by atoms with Crippen molar-refractivity contribution in [2.24, 2.45) is 17.8 Å². The second kappa shape index (κ2) is 4.60. The van der Waals surface area contributed by atoms with Crippen LogP contribution in [0.15, 0.2) is 0 Å². The number of carbonyl (C=O) groups excluding carboxylic acids is 1. The van der Waals surface area contributed by atoms with Crippen molar-refractivity contribution in [3.05, 3.63) is 0 Å². The molecule has 0 aromatic heterocycles. The summed E-state index contributed by atoms with van der Waals surface area (Å²) in [4.78, 5) is 14.5. The minimum absolute atomic E-state index is 0.400. The second-order valence-corrected chi connectivity index (χ2v) is 6.07. The van der Waals surface area contributed by atoms with E-state index in [4.69, 9.17) is 0 Å². The van der Waals surface area contributed by atoms with Crippen molar-refractivity contribution in [3.8, 4) is 0 Å². The van der Waals surface area contributed by atoms with Gasteiger partial charge in [-0.3, -0.25) is 4.79 Å². The lowest BCUT2D eigenvalue weighted by Gasteiger charge is -2.32. The Morgan fingerprint density at radius 1 is 1.06 bits per heavy atom. The number of amides is 1. The number of fused-ring (bicyclic) bond motifs is 1. The standard InChI is InChI=1S/C14H24N2O/c1-16(10-6-8-15-9-7-10)14(17)13-11-4-2-3-5-12(11)13/h10-13,15H,2-9H2,1H3. The van der Waals surface area contributed by atoms with Gasteiger partial charge in [-0.05, 0) is 50.6 Å². The molecule has 1 N–H and O–H groups in total. The Balaban J connectivity index is 1.58. The van der Waals surface area contributed by atoms with Crippen LogP contribution < -0.4 is 5.32 Å². The van der Waals surface area contributed by atoms with Crippen LogP contribution in [0.3, 0.4) is 0 Å². The first-order valence-electron chi connectivity index (χ1n) is 7.26. The third-order valence-electron chi connectivity index (χ3n) is 5.15. The zero-order valence-corrected chi connectivity index (χ0v) is 10.8. The van der Waals surface area contributed by atoms with Crippen LogP contribution in [-0.2, 0) is 4.79 Å². The molecule has 2 unspecified atom stereocenters. The Morgan fingerprint density at radius 3 is 2.24 bits per heavy atom. The molecule has 1 saturated heterocycles. The molecule has 3 aliphatic rings. The molecule has 2 saturated carbocycles. The van der Waals surface area contributed by atoms with Gasteiger partial charge < -0.3 is 10.2 Å². The summed E-state index contributed by atoms with van der Waals surface area (Å²) >= 11 is 0. The maximum atomic E-state index is 12.5. The third kappa shape index (κ3) is 2.10. The van der Waals surface area contributed by atoms with Gasteiger partial charge in [-0.25, -0.2) is 0 Å². The lowest BCUT2D eigenvalue weighted by Crippen LogP contribution is -2.44. The predicted molar refractivity (Wildman–Crippen MR) is 67.6 cm³/mol. The molecule has 1 amide bonds. The molecule has 3 rings (SSSR count). The van der Waals surface area contributed by atoms with Gasteiger partial charge in [0.15, 0.2) is 0 Å². The first-order valence-corrected chi connectivity index (χ1v) is 7.26. The fraction of sp³-hybridized carbons (Fsp3) is 0.929. The van der Waals surface area contributed by atoms with Crippen molar-refractivity contribution >= 4 is 5.91 Å². The van der Waals surface area contributed by atoms with Crippen LogP contribution in [-0.4, -0.2) is 37.0 Å². The smallest absolute Gasteiger partial charge is 0.226 e. The summed E-state index contributed by atoms with van der Waals surface area (Å²) in [6, 6.07) is 0.492. The molecule has 0 aromatic carbocycles. The zero-order chi connectivity index (χ0) is 11.8. The van der Waals surface area contributed by atoms with Gasteiger partial charge in [0.25, 0.3) is 0 Å². The molecular formula is C14H24N2O. The van der Waals surface area contributed by atoms with Crippen LogP contribution in [0.5, 0.6) is 0 Å². The number of nitrogens with zero attached hydrogens (tertiary/aromatic N) is 1. The first kappa shape index (κ1) is 11.5. The average molecular weight is 236 g/mol. The monoisotopic (exact) mass is 236 g/mol. The van der Waals surface area contributed by atoms with Gasteiger partial charge in [-0.1, -0.05) is 12.8 Å². The van der Waals surface area contributed by atoms with Gasteiger partial charge in [0.1, 0.15) is 0 Å². The minimum atomic E-state index is 0.400. The van der Waals surface area contributed by atoms with Crippen LogP contribution in [0, 0.1) is 17.8 Å². The van der Waals surface area contributed by atoms with Crippen LogP contribution >= 0.6 is 0 Å². The van der Waals surface area contributed by atoms with Gasteiger partial charge in [-0.2, -0.15) is 0 Å². The van der Waals surface area contributed by atoms with Crippen molar-refractivity contribution in [1.82, 2.24) is 10.2 Å². The van der Waals surface area contributed by atoms with Crippen LogP contribution in [0.2, 0.25) is 0 Å². The summed E-state index contributed by atoms with van der Waals surface area (Å²) in [5.74, 6) is 2.35. The van der Waals surface area contributed by atoms with Crippen molar-refractivity contribution in [3.63, 3.8) is 0 Å². The van der Waals surface area contributed by atoms with E-state index in [0.717, 1.165) is 37.8 Å². The van der Waals surface area contributed by atoms with Gasteiger partial charge in [-0.15, -0.1) is 0 Å². The normalized spacial score (nSPS) is 37.4. The molecule has 0 aromatic rings. The molecule has 3 fully saturated rings. The van der Waals surface area contributed by atoms with E-state index in [1.165, 1.54) is 25.7 Å². The fourth-order valence-electron chi connectivity index (χ4n) is 3.97. The van der Waals surface area contributed by atoms with E-state index >= 15 is 0 Å². The number of nitrogens with one attached hydrogen (secondary N) is 1. The second-order valence-electron chi connectivity index (χ2n) is 6.07. The Morgan fingerprint density at radius 2 is 1.65 bits per heavy atom. The summed E-state index contributed by atoms with van der Waals surface area (Å²) in [6.07, 6.45) is 7.57. The molecule has 0 radical (unpaired) electrons. The summed E-state index contributed by atoms with van der Waals surface area (Å²) in [6.45, 7) is 2.14. The molecule has 1 aliphatic heterocycles. The highest BCUT2D eigenvalue weighted by molar-refractivity contribution is 5.82. The van der Waals surface area contributed by atoms with E-state index in [1.807, 2.05) is 7.05 Å². The SMILES string of the molecule is CN(C(=O)C1C2CCCCC21)C1CCNCC1. The topological polar surface area (TPSA) is 32.3 Å². The molecule has 2 aliphatic carbocycles. The molecule has 17 heavy (non-hydrogen) atoms. The fourth-order valence-corrected chi connectivity index (χ4v) is 3.97. The third-order valence-corrected chi connectivity index (χ3v) is 5.15. The molecule has 96 valence electrons. The summed E-state index contributed by atoms with van der Waals surface area (Å²) in [5.41, 5.74) is 0. The molecule has 1 heterocycles. The Labute approximate surface area is 104 Å². The predicted octanol–water partition coefficient (Wildman–Crippen LogP) is 1.63.